The number of fused-ring (bicyclic) bond motifs is 3. The quantitative estimate of drug-likeness (QED) is 0.0138. The molecule has 594 valence electrons. The van der Waals surface area contributed by atoms with Gasteiger partial charge in [0, 0.05) is 184 Å². The number of aromatic nitrogens is 7. The summed E-state index contributed by atoms with van der Waals surface area (Å²) in [5, 5.41) is 39.3. The molecule has 4 saturated heterocycles. The van der Waals surface area contributed by atoms with Gasteiger partial charge in [-0.1, -0.05) is 83.9 Å². The molecule has 6 N–H and O–H groups in total. The lowest BCUT2D eigenvalue weighted by Gasteiger charge is -2.39. The van der Waals surface area contributed by atoms with Crippen molar-refractivity contribution in [3.8, 4) is 22.4 Å². The van der Waals surface area contributed by atoms with Crippen LogP contribution < -0.4 is 32.4 Å². The van der Waals surface area contributed by atoms with E-state index in [1.54, 1.807) is 90.2 Å². The summed E-state index contributed by atoms with van der Waals surface area (Å²) in [5.41, 5.74) is 4.79. The second-order valence-electron chi connectivity index (χ2n) is 30.8. The van der Waals surface area contributed by atoms with Crippen molar-refractivity contribution in [3.05, 3.63) is 218 Å². The van der Waals surface area contributed by atoms with Gasteiger partial charge in [0.15, 0.2) is 0 Å². The number of halogens is 3. The predicted molar refractivity (Wildman–Crippen MR) is 452 cm³/mol. The summed E-state index contributed by atoms with van der Waals surface area (Å²) in [7, 11) is 0. The van der Waals surface area contributed by atoms with E-state index < -0.39 is 23.0 Å². The lowest BCUT2D eigenvalue weighted by atomic mass is 9.87. The second-order valence-corrected chi connectivity index (χ2v) is 32.9. The number of amides is 5. The summed E-state index contributed by atoms with van der Waals surface area (Å²) >= 11 is 15.5. The van der Waals surface area contributed by atoms with E-state index >= 15 is 9.59 Å². The Hall–Kier alpha value is -9.65. The number of aliphatic hydroxyl groups is 2. The number of piperazine rings is 1. The minimum absolute atomic E-state index is 0.0362. The molecule has 4 aliphatic rings. The molecule has 114 heavy (non-hydrogen) atoms. The van der Waals surface area contributed by atoms with Gasteiger partial charge in [-0.05, 0) is 179 Å². The van der Waals surface area contributed by atoms with E-state index in [4.69, 9.17) is 28.2 Å². The molecule has 5 amide bonds. The van der Waals surface area contributed by atoms with E-state index in [9.17, 15) is 34.2 Å². The van der Waals surface area contributed by atoms with Crippen LogP contribution in [0.3, 0.4) is 0 Å². The van der Waals surface area contributed by atoms with Crippen LogP contribution >= 0.6 is 46.1 Å². The Bertz CT molecular complexity index is 5260. The maximum Gasteiger partial charge on any atom is 0.261 e. The first-order chi connectivity index (χ1) is 55.2. The van der Waals surface area contributed by atoms with E-state index in [1.165, 1.54) is 40.7 Å². The number of nitrogens with zero attached hydrogens (tertiary/aromatic N) is 12. The van der Waals surface area contributed by atoms with Gasteiger partial charge in [0.05, 0.1) is 74.6 Å². The van der Waals surface area contributed by atoms with Gasteiger partial charge in [-0.3, -0.25) is 52.7 Å². The number of benzene rings is 5. The van der Waals surface area contributed by atoms with Crippen molar-refractivity contribution in [2.75, 3.05) is 109 Å². The zero-order valence-electron chi connectivity index (χ0n) is 63.7. The van der Waals surface area contributed by atoms with Crippen molar-refractivity contribution in [1.82, 2.24) is 67.4 Å². The van der Waals surface area contributed by atoms with Gasteiger partial charge in [0.2, 0.25) is 17.7 Å². The Labute approximate surface area is 685 Å². The summed E-state index contributed by atoms with van der Waals surface area (Å²) in [6.07, 6.45) is 14.1. The zero-order valence-corrected chi connectivity index (χ0v) is 67.4. The molecule has 25 nitrogen and oxygen atoms in total. The van der Waals surface area contributed by atoms with Gasteiger partial charge in [-0.15, -0.1) is 0 Å². The van der Waals surface area contributed by atoms with Crippen LogP contribution in [-0.4, -0.2) is 206 Å². The molecule has 0 saturated carbocycles. The van der Waals surface area contributed by atoms with Crippen molar-refractivity contribution in [3.63, 3.8) is 0 Å². The van der Waals surface area contributed by atoms with Crippen LogP contribution in [0.5, 0.6) is 0 Å². The van der Waals surface area contributed by atoms with E-state index in [-0.39, 0.29) is 112 Å². The van der Waals surface area contributed by atoms with Crippen LogP contribution in [0.4, 0.5) is 11.5 Å². The van der Waals surface area contributed by atoms with Gasteiger partial charge in [-0.2, -0.15) is 0 Å². The van der Waals surface area contributed by atoms with Crippen molar-refractivity contribution in [2.24, 2.45) is 11.8 Å². The van der Waals surface area contributed by atoms with Crippen LogP contribution in [0, 0.1) is 11.8 Å². The number of rotatable bonds is 30. The Morgan fingerprint density at radius 3 is 1.72 bits per heavy atom. The Morgan fingerprint density at radius 2 is 1.11 bits per heavy atom. The first-order valence-corrected chi connectivity index (χ1v) is 41.2. The maximum atomic E-state index is 15.2. The van der Waals surface area contributed by atoms with Crippen LogP contribution in [0.25, 0.3) is 55.1 Å². The van der Waals surface area contributed by atoms with Gasteiger partial charge in [0.1, 0.15) is 5.82 Å². The first-order valence-electron chi connectivity index (χ1n) is 39.5. The fraction of sp³-hybridized carbons (Fsp3) is 0.395. The number of pyridine rings is 3. The number of nitrogens with one attached hydrogen (secondary N) is 4. The number of piperidine rings is 2. The fourth-order valence-electron chi connectivity index (χ4n) is 16.0. The largest absolute Gasteiger partial charge is 0.388 e. The predicted octanol–water partition coefficient (Wildman–Crippen LogP) is 10.7. The molecule has 5 aromatic carbocycles. The van der Waals surface area contributed by atoms with Crippen LogP contribution in [0.15, 0.2) is 174 Å². The Kier molecular flexibility index (Phi) is 26.5. The van der Waals surface area contributed by atoms with Gasteiger partial charge in [0.25, 0.3) is 22.9 Å². The molecule has 2 atom stereocenters. The number of carbonyl (C=O) groups is 5. The number of anilines is 2. The summed E-state index contributed by atoms with van der Waals surface area (Å²) in [6, 6.07) is 40.3. The normalized spacial score (nSPS) is 16.6. The molecule has 5 aromatic heterocycles. The standard InChI is InChI=1S/C86H95Cl2IN16O9/c87-71-21-30-91-74-48-62(15-18-68(71)74)80(108)93-28-6-12-64(82(110)101-35-23-85(113,24-36-101)54-103-57-96-77(52-79(103)107)92-31-39-99-32-1-2-33-99)46-58-8-3-10-60(44-58)61-11-4-9-59(45-61)47-65(13-7-29-94-81(109)63-16-19-69-72(88)51-73(98-76(69)49-63)66-14-5-27-90-53-66)83(111)102-37-25-86(114,26-38-102)55-104-56-95-75-50-67(17-20-70(75)84(104)112)97-78(106)22-34-100-40-42-105(89)43-41-100/h3-5,8-11,14-21,27,30,44-45,48-53,56-57,64-65,92,113-114H,1-2,6-7,12-13,22-26,28-29,31-43,46-47,54-55H2,(H,93,108)(H,94,109)(H,97,106)/t64-,65?/m0/s1. The highest BCUT2D eigenvalue weighted by atomic mass is 127. The molecule has 1 unspecified atom stereocenters. The minimum Gasteiger partial charge on any atom is -0.388 e. The molecule has 14 rings (SSSR count). The summed E-state index contributed by atoms with van der Waals surface area (Å²) < 4.78 is 5.10. The van der Waals surface area contributed by atoms with Crippen molar-refractivity contribution >= 4 is 120 Å². The average Bonchev–Trinajstić information content (AvgIpc) is 0.846. The summed E-state index contributed by atoms with van der Waals surface area (Å²) in [5.74, 6) is -1.42. The molecule has 28 heteroatoms. The highest BCUT2D eigenvalue weighted by Gasteiger charge is 2.39. The molecule has 4 fully saturated rings. The molecular formula is C86H95Cl2IN16O9. The number of carbonyl (C=O) groups excluding carboxylic acids is 5. The zero-order chi connectivity index (χ0) is 79.3. The van der Waals surface area contributed by atoms with Crippen molar-refractivity contribution < 1.29 is 34.2 Å². The molecule has 0 aliphatic carbocycles. The number of likely N-dealkylation sites (tertiary alicyclic amines) is 3. The third-order valence-corrected chi connectivity index (χ3v) is 24.3. The third-order valence-electron chi connectivity index (χ3n) is 22.6. The van der Waals surface area contributed by atoms with E-state index in [1.807, 2.05) is 53.4 Å². The first kappa shape index (κ1) is 80.9. The highest BCUT2D eigenvalue weighted by molar-refractivity contribution is 14.1. The molecule has 0 radical (unpaired) electrons. The molecular weight excluding hydrogens is 1600 g/mol. The van der Waals surface area contributed by atoms with Gasteiger partial charge >= 0.3 is 0 Å². The minimum atomic E-state index is -1.33. The van der Waals surface area contributed by atoms with Crippen LogP contribution in [0.1, 0.15) is 102 Å². The lowest BCUT2D eigenvalue weighted by Crippen LogP contribution is -2.51. The second kappa shape index (κ2) is 37.3. The van der Waals surface area contributed by atoms with E-state index in [0.29, 0.717) is 130 Å². The smallest absolute Gasteiger partial charge is 0.261 e. The van der Waals surface area contributed by atoms with Gasteiger partial charge < -0.3 is 51.1 Å². The monoisotopic (exact) mass is 1690 g/mol. The molecule has 0 spiro atoms. The van der Waals surface area contributed by atoms with E-state index in [0.717, 1.165) is 79.0 Å². The molecule has 9 heterocycles. The number of hydrogen-bond acceptors (Lipinski definition) is 18. The Morgan fingerprint density at radius 1 is 0.535 bits per heavy atom. The number of hydrogen-bond donors (Lipinski definition) is 6. The van der Waals surface area contributed by atoms with Crippen molar-refractivity contribution in [1.29, 1.82) is 0 Å². The summed E-state index contributed by atoms with van der Waals surface area (Å²) in [4.78, 5) is 129. The average molecular weight is 1690 g/mol. The lowest BCUT2D eigenvalue weighted by molar-refractivity contribution is -0.141. The van der Waals surface area contributed by atoms with E-state index in [2.05, 4.69) is 89.1 Å². The molecule has 4 aliphatic heterocycles. The fourth-order valence-corrected chi connectivity index (χ4v) is 16.9. The Balaban J connectivity index is 0.649. The SMILES string of the molecule is O=C(CCN1CCN(I)CC1)Nc1ccc2c(=O)n(CC3(O)CCN(C(=O)C(CCCNC(=O)c4ccc5c(Cl)cc(-c6cccnc6)nc5c4)Cc4cccc(-c5cccc(C[C@H](CCCNC(=O)c6ccc7c(Cl)ccnc7c6)C(=O)N6CCC(O)(Cn7cnc(NCCN8CCCC8)cc7=O)CC6)c5)c4)CC3)cnc2c1. The van der Waals surface area contributed by atoms with Crippen LogP contribution in [-0.2, 0) is 40.3 Å². The maximum absolute atomic E-state index is 15.2. The third kappa shape index (κ3) is 20.7. The molecule has 10 aromatic rings. The van der Waals surface area contributed by atoms with Crippen LogP contribution in [0.2, 0.25) is 10.0 Å². The summed E-state index contributed by atoms with van der Waals surface area (Å²) in [6.45, 7) is 9.63. The van der Waals surface area contributed by atoms with Gasteiger partial charge in [-0.25, -0.2) is 18.1 Å². The topological polar surface area (TPSA) is 299 Å². The molecule has 0 bridgehead atoms. The van der Waals surface area contributed by atoms with Crippen molar-refractivity contribution in [2.45, 2.75) is 108 Å². The highest BCUT2D eigenvalue weighted by Crippen LogP contribution is 2.34.